The topological polar surface area (TPSA) is 88.2 Å². The van der Waals surface area contributed by atoms with Crippen LogP contribution >= 0.6 is 0 Å². The molecular formula is C19H17N3O2. The lowest BCUT2D eigenvalue weighted by atomic mass is 10.0. The molecule has 0 saturated heterocycles. The molecule has 5 nitrogen and oxygen atoms in total. The fourth-order valence-corrected chi connectivity index (χ4v) is 2.34. The normalized spacial score (nSPS) is 10.4. The quantitative estimate of drug-likeness (QED) is 0.645. The highest BCUT2D eigenvalue weighted by Crippen LogP contribution is 2.28. The van der Waals surface area contributed by atoms with Crippen LogP contribution in [0.25, 0.3) is 11.1 Å². The van der Waals surface area contributed by atoms with E-state index >= 15 is 0 Å². The average molecular weight is 319 g/mol. The Bertz CT molecular complexity index is 846. The first kappa shape index (κ1) is 15.7. The molecule has 0 bridgehead atoms. The molecule has 0 unspecified atom stereocenters. The van der Waals surface area contributed by atoms with E-state index in [1.54, 1.807) is 24.4 Å². The molecule has 1 amide bonds. The molecule has 0 radical (unpaired) electrons. The maximum Gasteiger partial charge on any atom is 0.257 e. The summed E-state index contributed by atoms with van der Waals surface area (Å²) in [6.07, 6.45) is 3.12. The molecule has 1 heterocycles. The van der Waals surface area contributed by atoms with Crippen LogP contribution < -0.4 is 11.1 Å². The summed E-state index contributed by atoms with van der Waals surface area (Å²) in [6, 6.07) is 16.4. The van der Waals surface area contributed by atoms with Crippen molar-refractivity contribution in [2.24, 2.45) is 0 Å². The average Bonchev–Trinajstić information content (AvgIpc) is 2.64. The summed E-state index contributed by atoms with van der Waals surface area (Å²) in [5.74, 6) is -0.262. The molecule has 3 aromatic rings. The molecule has 0 atom stereocenters. The second kappa shape index (κ2) is 6.93. The molecule has 1 aromatic heterocycles. The number of hydrogen-bond donors (Lipinski definition) is 3. The molecule has 120 valence electrons. The zero-order chi connectivity index (χ0) is 16.9. The van der Waals surface area contributed by atoms with Crippen molar-refractivity contribution in [3.63, 3.8) is 0 Å². The molecule has 3 rings (SSSR count). The van der Waals surface area contributed by atoms with Crippen molar-refractivity contribution in [3.05, 3.63) is 78.1 Å². The van der Waals surface area contributed by atoms with Gasteiger partial charge in [-0.1, -0.05) is 30.3 Å². The molecule has 24 heavy (non-hydrogen) atoms. The number of aliphatic hydroxyl groups is 1. The van der Waals surface area contributed by atoms with Gasteiger partial charge in [-0.2, -0.15) is 0 Å². The maximum absolute atomic E-state index is 12.3. The Morgan fingerprint density at radius 1 is 1.08 bits per heavy atom. The number of aromatic nitrogens is 1. The van der Waals surface area contributed by atoms with E-state index in [4.69, 9.17) is 10.8 Å². The predicted molar refractivity (Wildman–Crippen MR) is 94.4 cm³/mol. The van der Waals surface area contributed by atoms with Crippen LogP contribution in [-0.4, -0.2) is 16.0 Å². The lowest BCUT2D eigenvalue weighted by Gasteiger charge is -2.11. The van der Waals surface area contributed by atoms with E-state index in [1.807, 2.05) is 36.4 Å². The van der Waals surface area contributed by atoms with Gasteiger partial charge in [-0.3, -0.25) is 9.78 Å². The number of nitrogen functional groups attached to an aromatic ring is 1. The number of nitrogens with zero attached hydrogens (tertiary/aromatic N) is 1. The summed E-state index contributed by atoms with van der Waals surface area (Å²) >= 11 is 0. The van der Waals surface area contributed by atoms with Crippen LogP contribution in [0.15, 0.2) is 67.0 Å². The van der Waals surface area contributed by atoms with Gasteiger partial charge in [0.2, 0.25) is 0 Å². The van der Waals surface area contributed by atoms with Crippen LogP contribution in [0.2, 0.25) is 0 Å². The highest BCUT2D eigenvalue weighted by atomic mass is 16.3. The minimum Gasteiger partial charge on any atom is -0.397 e. The SMILES string of the molecule is Nc1ccc(-c2ccc(CO)cc2)cc1NC(=O)c1cccnc1. The summed E-state index contributed by atoms with van der Waals surface area (Å²) in [4.78, 5) is 16.2. The zero-order valence-electron chi connectivity index (χ0n) is 12.9. The highest BCUT2D eigenvalue weighted by molar-refractivity contribution is 6.05. The molecule has 0 aliphatic carbocycles. The van der Waals surface area contributed by atoms with Crippen molar-refractivity contribution in [1.82, 2.24) is 4.98 Å². The van der Waals surface area contributed by atoms with Crippen LogP contribution in [-0.2, 0) is 6.61 Å². The third kappa shape index (κ3) is 3.42. The van der Waals surface area contributed by atoms with E-state index in [-0.39, 0.29) is 12.5 Å². The minimum absolute atomic E-state index is 0.00837. The molecule has 0 aliphatic rings. The highest BCUT2D eigenvalue weighted by Gasteiger charge is 2.09. The number of anilines is 2. The summed E-state index contributed by atoms with van der Waals surface area (Å²) in [7, 11) is 0. The summed E-state index contributed by atoms with van der Waals surface area (Å²) in [5.41, 5.74) is 10.2. The van der Waals surface area contributed by atoms with Gasteiger partial charge in [0, 0.05) is 12.4 Å². The first-order chi connectivity index (χ1) is 11.7. The van der Waals surface area contributed by atoms with Crippen LogP contribution in [0, 0.1) is 0 Å². The third-order valence-corrected chi connectivity index (χ3v) is 3.70. The van der Waals surface area contributed by atoms with E-state index in [2.05, 4.69) is 10.3 Å². The van der Waals surface area contributed by atoms with Gasteiger partial charge in [0.25, 0.3) is 5.91 Å². The van der Waals surface area contributed by atoms with E-state index in [1.165, 1.54) is 6.20 Å². The van der Waals surface area contributed by atoms with Crippen LogP contribution in [0.5, 0.6) is 0 Å². The number of amides is 1. The second-order valence-electron chi connectivity index (χ2n) is 5.35. The van der Waals surface area contributed by atoms with Gasteiger partial charge in [0.1, 0.15) is 0 Å². The van der Waals surface area contributed by atoms with Gasteiger partial charge in [-0.05, 0) is 41.0 Å². The van der Waals surface area contributed by atoms with Gasteiger partial charge in [0.05, 0.1) is 23.5 Å². The largest absolute Gasteiger partial charge is 0.397 e. The number of nitrogens with one attached hydrogen (secondary N) is 1. The van der Waals surface area contributed by atoms with Gasteiger partial charge >= 0.3 is 0 Å². The fourth-order valence-electron chi connectivity index (χ4n) is 2.34. The standard InChI is InChI=1S/C19H17N3O2/c20-17-8-7-15(14-5-3-13(12-23)4-6-14)10-18(17)22-19(24)16-2-1-9-21-11-16/h1-11,23H,12,20H2,(H,22,24). The first-order valence-electron chi connectivity index (χ1n) is 7.48. The maximum atomic E-state index is 12.3. The molecule has 0 fully saturated rings. The van der Waals surface area contributed by atoms with Gasteiger partial charge in [-0.25, -0.2) is 0 Å². The smallest absolute Gasteiger partial charge is 0.257 e. The molecule has 0 saturated carbocycles. The Hall–Kier alpha value is -3.18. The Morgan fingerprint density at radius 3 is 2.50 bits per heavy atom. The van der Waals surface area contributed by atoms with E-state index in [9.17, 15) is 4.79 Å². The number of carbonyl (C=O) groups is 1. The summed E-state index contributed by atoms with van der Waals surface area (Å²) in [5, 5.41) is 11.9. The zero-order valence-corrected chi connectivity index (χ0v) is 12.9. The molecule has 0 spiro atoms. The number of benzene rings is 2. The summed E-state index contributed by atoms with van der Waals surface area (Å²) in [6.45, 7) is 0.00837. The van der Waals surface area contributed by atoms with Crippen molar-refractivity contribution in [3.8, 4) is 11.1 Å². The Labute approximate surface area is 139 Å². The van der Waals surface area contributed by atoms with E-state index in [0.29, 0.717) is 16.9 Å². The van der Waals surface area contributed by atoms with Gasteiger partial charge < -0.3 is 16.2 Å². The monoisotopic (exact) mass is 319 g/mol. The van der Waals surface area contributed by atoms with E-state index < -0.39 is 0 Å². The van der Waals surface area contributed by atoms with E-state index in [0.717, 1.165) is 16.7 Å². The molecule has 4 N–H and O–H groups in total. The minimum atomic E-state index is -0.262. The fraction of sp³-hybridized carbons (Fsp3) is 0.0526. The van der Waals surface area contributed by atoms with Crippen LogP contribution in [0.3, 0.4) is 0 Å². The number of rotatable bonds is 4. The van der Waals surface area contributed by atoms with Crippen molar-refractivity contribution in [2.45, 2.75) is 6.61 Å². The molecule has 5 heteroatoms. The molecule has 2 aromatic carbocycles. The number of nitrogens with two attached hydrogens (primary N) is 1. The van der Waals surface area contributed by atoms with Crippen molar-refractivity contribution in [1.29, 1.82) is 0 Å². The first-order valence-corrected chi connectivity index (χ1v) is 7.48. The molecule has 0 aliphatic heterocycles. The van der Waals surface area contributed by atoms with Crippen LogP contribution in [0.1, 0.15) is 15.9 Å². The van der Waals surface area contributed by atoms with Crippen LogP contribution in [0.4, 0.5) is 11.4 Å². The lowest BCUT2D eigenvalue weighted by molar-refractivity contribution is 0.102. The number of hydrogen-bond acceptors (Lipinski definition) is 4. The number of pyridine rings is 1. The number of aliphatic hydroxyl groups excluding tert-OH is 1. The Balaban J connectivity index is 1.87. The Kier molecular flexibility index (Phi) is 4.54. The van der Waals surface area contributed by atoms with Crippen molar-refractivity contribution in [2.75, 3.05) is 11.1 Å². The Morgan fingerprint density at radius 2 is 1.83 bits per heavy atom. The predicted octanol–water partition coefficient (Wildman–Crippen LogP) is 3.08. The molecular weight excluding hydrogens is 302 g/mol. The third-order valence-electron chi connectivity index (χ3n) is 3.70. The number of carbonyl (C=O) groups excluding carboxylic acids is 1. The lowest BCUT2D eigenvalue weighted by Crippen LogP contribution is -2.13. The second-order valence-corrected chi connectivity index (χ2v) is 5.35. The summed E-state index contributed by atoms with van der Waals surface area (Å²) < 4.78 is 0. The van der Waals surface area contributed by atoms with Gasteiger partial charge in [0.15, 0.2) is 0 Å². The van der Waals surface area contributed by atoms with Gasteiger partial charge in [-0.15, -0.1) is 0 Å². The van der Waals surface area contributed by atoms with Crippen molar-refractivity contribution >= 4 is 17.3 Å². The van der Waals surface area contributed by atoms with Crippen molar-refractivity contribution < 1.29 is 9.90 Å².